The molecule has 0 unspecified atom stereocenters. The quantitative estimate of drug-likeness (QED) is 0.180. The van der Waals surface area contributed by atoms with Crippen LogP contribution < -0.4 is 0 Å². The molecule has 0 amide bonds. The second kappa shape index (κ2) is 11.8. The van der Waals surface area contributed by atoms with Gasteiger partial charge in [0.05, 0.1) is 22.1 Å². The summed E-state index contributed by atoms with van der Waals surface area (Å²) < 4.78 is 6.74. The minimum absolute atomic E-state index is 0.589. The van der Waals surface area contributed by atoms with Crippen LogP contribution in [0.25, 0.3) is 98.8 Å². The highest BCUT2D eigenvalue weighted by Crippen LogP contribution is 2.42. The third-order valence-electron chi connectivity index (χ3n) is 10.0. The van der Waals surface area contributed by atoms with Gasteiger partial charge in [-0.2, -0.15) is 9.97 Å². The third kappa shape index (κ3) is 4.71. The largest absolute Gasteiger partial charge is 0.292 e. The standard InChI is InChI=1S/C46H28N6S/c1-3-14-29(15-4-1)43-48-44(50-46(49-43)52-38-23-10-7-18-32(38)33-19-8-11-24-39(33)52)35-21-13-20-34-36-28-30(26-27-41(36)53-42(34)35)45-47-37-22-9-12-25-40(37)51(45)31-16-5-2-6-17-31/h1-28H. The average Bonchev–Trinajstić information content (AvgIpc) is 3.91. The van der Waals surface area contributed by atoms with Crippen LogP contribution in [0.2, 0.25) is 0 Å². The first kappa shape index (κ1) is 29.7. The molecule has 0 atom stereocenters. The van der Waals surface area contributed by atoms with Crippen LogP contribution in [0.5, 0.6) is 0 Å². The zero-order valence-electron chi connectivity index (χ0n) is 28.3. The summed E-state index contributed by atoms with van der Waals surface area (Å²) in [7, 11) is 0. The molecule has 0 N–H and O–H groups in total. The first-order valence-corrected chi connectivity index (χ1v) is 18.4. The SMILES string of the molecule is c1ccc(-c2nc(-c3cccc4c3sc3ccc(-c5nc6ccccc6n5-c5ccccc5)cc34)nc(-n3c4ccccc4c4ccccc43)n2)cc1. The number of para-hydroxylation sites is 5. The van der Waals surface area contributed by atoms with E-state index in [9.17, 15) is 0 Å². The van der Waals surface area contributed by atoms with Gasteiger partial charge in [0.1, 0.15) is 5.82 Å². The monoisotopic (exact) mass is 696 g/mol. The van der Waals surface area contributed by atoms with Crippen molar-refractivity contribution in [2.45, 2.75) is 0 Å². The van der Waals surface area contributed by atoms with Gasteiger partial charge >= 0.3 is 0 Å². The molecule has 53 heavy (non-hydrogen) atoms. The van der Waals surface area contributed by atoms with Crippen molar-refractivity contribution in [3.05, 3.63) is 170 Å². The lowest BCUT2D eigenvalue weighted by atomic mass is 10.1. The second-order valence-corrected chi connectivity index (χ2v) is 14.2. The number of imidazole rings is 1. The Morgan fingerprint density at radius 2 is 1.06 bits per heavy atom. The van der Waals surface area contributed by atoms with E-state index in [2.05, 4.69) is 149 Å². The van der Waals surface area contributed by atoms with Crippen molar-refractivity contribution in [1.29, 1.82) is 0 Å². The Morgan fingerprint density at radius 3 is 1.83 bits per heavy atom. The van der Waals surface area contributed by atoms with Crippen molar-refractivity contribution >= 4 is 64.3 Å². The molecule has 0 saturated carbocycles. The number of fused-ring (bicyclic) bond motifs is 7. The van der Waals surface area contributed by atoms with Gasteiger partial charge < -0.3 is 0 Å². The molecule has 4 aromatic heterocycles. The number of thiophene rings is 1. The van der Waals surface area contributed by atoms with Crippen LogP contribution in [0, 0.1) is 0 Å². The Balaban J connectivity index is 1.13. The molecule has 0 aliphatic heterocycles. The maximum atomic E-state index is 5.26. The summed E-state index contributed by atoms with van der Waals surface area (Å²) in [5, 5.41) is 4.66. The van der Waals surface area contributed by atoms with Crippen molar-refractivity contribution in [3.8, 4) is 45.8 Å². The fourth-order valence-electron chi connectivity index (χ4n) is 7.61. The highest BCUT2D eigenvalue weighted by molar-refractivity contribution is 7.26. The molecular weight excluding hydrogens is 669 g/mol. The van der Waals surface area contributed by atoms with E-state index in [1.807, 2.05) is 30.3 Å². The first-order chi connectivity index (χ1) is 26.3. The Morgan fingerprint density at radius 1 is 0.415 bits per heavy atom. The predicted molar refractivity (Wildman–Crippen MR) is 218 cm³/mol. The number of hydrogen-bond donors (Lipinski definition) is 0. The zero-order chi connectivity index (χ0) is 34.9. The van der Waals surface area contributed by atoms with Gasteiger partial charge in [-0.15, -0.1) is 11.3 Å². The number of benzene rings is 7. The molecule has 6 nitrogen and oxygen atoms in total. The zero-order valence-corrected chi connectivity index (χ0v) is 29.1. The topological polar surface area (TPSA) is 61.4 Å². The molecule has 4 heterocycles. The van der Waals surface area contributed by atoms with Gasteiger partial charge in [0.25, 0.3) is 0 Å². The summed E-state index contributed by atoms with van der Waals surface area (Å²) in [5.41, 5.74) is 8.20. The van der Waals surface area contributed by atoms with Gasteiger partial charge in [-0.25, -0.2) is 9.97 Å². The van der Waals surface area contributed by atoms with Gasteiger partial charge in [0.2, 0.25) is 5.95 Å². The third-order valence-corrected chi connectivity index (χ3v) is 11.2. The minimum atomic E-state index is 0.589. The molecule has 11 aromatic rings. The van der Waals surface area contributed by atoms with Crippen LogP contribution in [0.4, 0.5) is 0 Å². The van der Waals surface area contributed by atoms with Crippen molar-refractivity contribution in [1.82, 2.24) is 29.1 Å². The Kier molecular flexibility index (Phi) is 6.62. The Labute approximate surface area is 307 Å². The summed E-state index contributed by atoms with van der Waals surface area (Å²) in [4.78, 5) is 20.7. The summed E-state index contributed by atoms with van der Waals surface area (Å²) in [5.74, 6) is 2.77. The van der Waals surface area contributed by atoms with Gasteiger partial charge in [0.15, 0.2) is 11.6 Å². The lowest BCUT2D eigenvalue weighted by Gasteiger charge is -2.11. The summed E-state index contributed by atoms with van der Waals surface area (Å²) in [6.45, 7) is 0. The van der Waals surface area contributed by atoms with E-state index in [4.69, 9.17) is 19.9 Å². The minimum Gasteiger partial charge on any atom is -0.292 e. The molecule has 7 heteroatoms. The van der Waals surface area contributed by atoms with Crippen LogP contribution in [0.15, 0.2) is 170 Å². The lowest BCUT2D eigenvalue weighted by Crippen LogP contribution is -2.06. The molecule has 11 rings (SSSR count). The maximum absolute atomic E-state index is 5.26. The van der Waals surface area contributed by atoms with Crippen LogP contribution in [0.1, 0.15) is 0 Å². The fraction of sp³-hybridized carbons (Fsp3) is 0. The molecule has 0 spiro atoms. The molecule has 7 aromatic carbocycles. The van der Waals surface area contributed by atoms with Gasteiger partial charge in [-0.3, -0.25) is 9.13 Å². The highest BCUT2D eigenvalue weighted by Gasteiger charge is 2.21. The first-order valence-electron chi connectivity index (χ1n) is 17.6. The van der Waals surface area contributed by atoms with E-state index >= 15 is 0 Å². The maximum Gasteiger partial charge on any atom is 0.238 e. The molecule has 0 aliphatic rings. The molecule has 248 valence electrons. The molecule has 0 fully saturated rings. The Bertz CT molecular complexity index is 3120. The fourth-order valence-corrected chi connectivity index (χ4v) is 8.80. The van der Waals surface area contributed by atoms with Crippen molar-refractivity contribution in [2.24, 2.45) is 0 Å². The number of rotatable bonds is 5. The molecule has 0 aliphatic carbocycles. The van der Waals surface area contributed by atoms with E-state index in [1.54, 1.807) is 11.3 Å². The van der Waals surface area contributed by atoms with Crippen LogP contribution in [0.3, 0.4) is 0 Å². The van der Waals surface area contributed by atoms with E-state index in [0.29, 0.717) is 17.6 Å². The van der Waals surface area contributed by atoms with Gasteiger partial charge in [-0.05, 0) is 60.7 Å². The van der Waals surface area contributed by atoms with Gasteiger partial charge in [-0.1, -0.05) is 109 Å². The predicted octanol–water partition coefficient (Wildman–Crippen LogP) is 11.7. The van der Waals surface area contributed by atoms with Crippen molar-refractivity contribution in [2.75, 3.05) is 0 Å². The Hall–Kier alpha value is -6.96. The highest BCUT2D eigenvalue weighted by atomic mass is 32.1. The smallest absolute Gasteiger partial charge is 0.238 e. The molecule has 0 radical (unpaired) electrons. The lowest BCUT2D eigenvalue weighted by molar-refractivity contribution is 0.954. The summed E-state index contributed by atoms with van der Waals surface area (Å²) in [6, 6.07) is 59.0. The van der Waals surface area contributed by atoms with Crippen molar-refractivity contribution < 1.29 is 0 Å². The molecule has 0 saturated heterocycles. The van der Waals surface area contributed by atoms with E-state index in [0.717, 1.165) is 71.1 Å². The van der Waals surface area contributed by atoms with E-state index in [1.165, 1.54) is 10.1 Å². The van der Waals surface area contributed by atoms with E-state index < -0.39 is 0 Å². The van der Waals surface area contributed by atoms with Gasteiger partial charge in [0, 0.05) is 53.3 Å². The number of nitrogens with zero attached hydrogens (tertiary/aromatic N) is 6. The summed E-state index contributed by atoms with van der Waals surface area (Å²) in [6.07, 6.45) is 0. The summed E-state index contributed by atoms with van der Waals surface area (Å²) >= 11 is 1.77. The number of aromatic nitrogens is 6. The van der Waals surface area contributed by atoms with Crippen LogP contribution in [-0.4, -0.2) is 29.1 Å². The molecule has 0 bridgehead atoms. The second-order valence-electron chi connectivity index (χ2n) is 13.1. The number of hydrogen-bond acceptors (Lipinski definition) is 5. The average molecular weight is 697 g/mol. The molecular formula is C46H28N6S. The van der Waals surface area contributed by atoms with Crippen LogP contribution in [-0.2, 0) is 0 Å². The van der Waals surface area contributed by atoms with E-state index in [-0.39, 0.29) is 0 Å². The van der Waals surface area contributed by atoms with Crippen molar-refractivity contribution in [3.63, 3.8) is 0 Å². The normalized spacial score (nSPS) is 11.8. The van der Waals surface area contributed by atoms with Crippen LogP contribution >= 0.6 is 11.3 Å².